The molecule has 4 heteroatoms. The molecule has 0 heterocycles. The van der Waals surface area contributed by atoms with Crippen LogP contribution in [0.1, 0.15) is 24.4 Å². The fourth-order valence-electron chi connectivity index (χ4n) is 1.65. The summed E-state index contributed by atoms with van der Waals surface area (Å²) >= 11 is 3.08. The maximum atomic E-state index is 13.2. The van der Waals surface area contributed by atoms with Gasteiger partial charge < -0.3 is 10.8 Å². The van der Waals surface area contributed by atoms with Gasteiger partial charge in [-0.3, -0.25) is 0 Å². The summed E-state index contributed by atoms with van der Waals surface area (Å²) in [4.78, 5) is 0. The highest BCUT2D eigenvalue weighted by molar-refractivity contribution is 9.10. The van der Waals surface area contributed by atoms with Crippen molar-refractivity contribution in [3.8, 4) is 0 Å². The molecule has 0 spiro atoms. The Morgan fingerprint density at radius 3 is 2.67 bits per heavy atom. The topological polar surface area (TPSA) is 46.2 Å². The summed E-state index contributed by atoms with van der Waals surface area (Å²) in [5, 5.41) is 9.81. The molecule has 3 N–H and O–H groups in total. The zero-order valence-electron chi connectivity index (χ0n) is 8.16. The fourth-order valence-corrected chi connectivity index (χ4v) is 1.89. The highest BCUT2D eigenvalue weighted by Gasteiger charge is 2.34. The third-order valence-corrected chi connectivity index (χ3v) is 3.44. The summed E-state index contributed by atoms with van der Waals surface area (Å²) < 4.78 is 13.7. The summed E-state index contributed by atoms with van der Waals surface area (Å²) in [6, 6.07) is 4.24. The van der Waals surface area contributed by atoms with Crippen molar-refractivity contribution in [3.63, 3.8) is 0 Å². The Bertz CT molecular complexity index is 368. The van der Waals surface area contributed by atoms with E-state index in [2.05, 4.69) is 15.9 Å². The van der Waals surface area contributed by atoms with Crippen LogP contribution in [0.3, 0.4) is 0 Å². The summed E-state index contributed by atoms with van der Waals surface area (Å²) in [5.41, 5.74) is 6.51. The lowest BCUT2D eigenvalue weighted by Gasteiger charge is -2.18. The highest BCUT2D eigenvalue weighted by atomic mass is 79.9. The predicted octanol–water partition coefficient (Wildman–Crippen LogP) is 2.36. The number of halogens is 2. The second-order valence-electron chi connectivity index (χ2n) is 4.03. The lowest BCUT2D eigenvalue weighted by molar-refractivity contribution is 0.122. The van der Waals surface area contributed by atoms with Crippen LogP contribution in [0.5, 0.6) is 0 Å². The van der Waals surface area contributed by atoms with Gasteiger partial charge >= 0.3 is 0 Å². The van der Waals surface area contributed by atoms with Crippen molar-refractivity contribution in [2.24, 2.45) is 11.7 Å². The van der Waals surface area contributed by atoms with Gasteiger partial charge in [-0.15, -0.1) is 0 Å². The second-order valence-corrected chi connectivity index (χ2v) is 4.88. The number of rotatable bonds is 3. The molecule has 15 heavy (non-hydrogen) atoms. The highest BCUT2D eigenvalue weighted by Crippen LogP contribution is 2.37. The number of hydrogen-bond acceptors (Lipinski definition) is 2. The first-order valence-electron chi connectivity index (χ1n) is 4.98. The van der Waals surface area contributed by atoms with Crippen LogP contribution in [0, 0.1) is 11.7 Å². The van der Waals surface area contributed by atoms with Gasteiger partial charge in [0.05, 0.1) is 16.6 Å². The summed E-state index contributed by atoms with van der Waals surface area (Å²) in [7, 11) is 0. The van der Waals surface area contributed by atoms with Crippen molar-refractivity contribution in [2.75, 3.05) is 0 Å². The van der Waals surface area contributed by atoms with Crippen molar-refractivity contribution in [1.29, 1.82) is 0 Å². The molecular formula is C11H13BrFNO. The molecule has 0 bridgehead atoms. The smallest absolute Gasteiger partial charge is 0.137 e. The van der Waals surface area contributed by atoms with Gasteiger partial charge in [0.2, 0.25) is 0 Å². The van der Waals surface area contributed by atoms with Crippen LogP contribution in [-0.2, 0) is 0 Å². The summed E-state index contributed by atoms with van der Waals surface area (Å²) in [6.07, 6.45) is 1.49. The molecule has 0 aromatic heterocycles. The minimum atomic E-state index is -0.550. The Morgan fingerprint density at radius 2 is 2.13 bits per heavy atom. The van der Waals surface area contributed by atoms with Gasteiger partial charge in [-0.25, -0.2) is 4.39 Å². The molecule has 0 saturated heterocycles. The quantitative estimate of drug-likeness (QED) is 0.888. The molecule has 2 nitrogen and oxygen atoms in total. The molecular weight excluding hydrogens is 261 g/mol. The summed E-state index contributed by atoms with van der Waals surface area (Å²) in [5.74, 6) is -0.0438. The molecule has 82 valence electrons. The maximum absolute atomic E-state index is 13.2. The number of benzene rings is 1. The standard InChI is InChI=1S/C11H13BrFNO/c12-8-4-3-7(5-9(8)13)10(14)11(15)6-1-2-6/h3-6,10-11,15H,1-2,14H2/t10-,11+/m0/s1. The molecule has 2 atom stereocenters. The van der Waals surface area contributed by atoms with E-state index in [-0.39, 0.29) is 5.82 Å². The van der Waals surface area contributed by atoms with Crippen LogP contribution in [0.2, 0.25) is 0 Å². The molecule has 2 rings (SSSR count). The molecule has 1 aliphatic carbocycles. The van der Waals surface area contributed by atoms with E-state index in [9.17, 15) is 9.50 Å². The van der Waals surface area contributed by atoms with E-state index in [1.54, 1.807) is 12.1 Å². The van der Waals surface area contributed by atoms with Gasteiger partial charge in [-0.05, 0) is 52.4 Å². The van der Waals surface area contributed by atoms with Gasteiger partial charge in [0, 0.05) is 0 Å². The van der Waals surface area contributed by atoms with E-state index < -0.39 is 12.1 Å². The van der Waals surface area contributed by atoms with E-state index in [1.165, 1.54) is 6.07 Å². The van der Waals surface area contributed by atoms with Gasteiger partial charge in [0.15, 0.2) is 0 Å². The fraction of sp³-hybridized carbons (Fsp3) is 0.455. The zero-order valence-corrected chi connectivity index (χ0v) is 9.74. The Morgan fingerprint density at radius 1 is 1.47 bits per heavy atom. The third kappa shape index (κ3) is 2.38. The monoisotopic (exact) mass is 273 g/mol. The van der Waals surface area contributed by atoms with E-state index >= 15 is 0 Å². The molecule has 1 saturated carbocycles. The molecule has 1 aliphatic rings. The molecule has 0 unspecified atom stereocenters. The molecule has 1 fully saturated rings. The second kappa shape index (κ2) is 4.20. The Labute approximate surface area is 96.4 Å². The van der Waals surface area contributed by atoms with Crippen LogP contribution in [0.15, 0.2) is 22.7 Å². The molecule has 1 aromatic rings. The average Bonchev–Trinajstić information content (AvgIpc) is 3.03. The normalized spacial score (nSPS) is 20.0. The van der Waals surface area contributed by atoms with Gasteiger partial charge in [0.25, 0.3) is 0 Å². The lowest BCUT2D eigenvalue weighted by Crippen LogP contribution is -2.27. The Balaban J connectivity index is 2.17. The third-order valence-electron chi connectivity index (χ3n) is 2.80. The van der Waals surface area contributed by atoms with Crippen LogP contribution in [0.4, 0.5) is 4.39 Å². The van der Waals surface area contributed by atoms with Crippen molar-refractivity contribution in [3.05, 3.63) is 34.1 Å². The van der Waals surface area contributed by atoms with Crippen LogP contribution in [-0.4, -0.2) is 11.2 Å². The first-order valence-corrected chi connectivity index (χ1v) is 5.77. The molecule has 0 amide bonds. The largest absolute Gasteiger partial charge is 0.391 e. The van der Waals surface area contributed by atoms with E-state index in [1.807, 2.05) is 0 Å². The van der Waals surface area contributed by atoms with Crippen LogP contribution >= 0.6 is 15.9 Å². The SMILES string of the molecule is N[C@@H](c1ccc(Br)c(F)c1)[C@H](O)C1CC1. The number of hydrogen-bond donors (Lipinski definition) is 2. The van der Waals surface area contributed by atoms with Crippen molar-refractivity contribution in [1.82, 2.24) is 0 Å². The predicted molar refractivity (Wildman–Crippen MR) is 59.8 cm³/mol. The maximum Gasteiger partial charge on any atom is 0.137 e. The van der Waals surface area contributed by atoms with E-state index in [0.717, 1.165) is 12.8 Å². The first-order chi connectivity index (χ1) is 7.09. The van der Waals surface area contributed by atoms with Crippen LogP contribution in [0.25, 0.3) is 0 Å². The lowest BCUT2D eigenvalue weighted by atomic mass is 9.99. The first kappa shape index (κ1) is 11.0. The zero-order chi connectivity index (χ0) is 11.0. The number of aliphatic hydroxyl groups excluding tert-OH is 1. The number of nitrogens with two attached hydrogens (primary N) is 1. The van der Waals surface area contributed by atoms with Crippen molar-refractivity contribution < 1.29 is 9.50 Å². The average molecular weight is 274 g/mol. The van der Waals surface area contributed by atoms with Crippen molar-refractivity contribution >= 4 is 15.9 Å². The number of aliphatic hydroxyl groups is 1. The summed E-state index contributed by atoms with van der Waals surface area (Å²) in [6.45, 7) is 0. The van der Waals surface area contributed by atoms with Gasteiger partial charge in [0.1, 0.15) is 5.82 Å². The van der Waals surface area contributed by atoms with Gasteiger partial charge in [-0.1, -0.05) is 6.07 Å². The van der Waals surface area contributed by atoms with Crippen molar-refractivity contribution in [2.45, 2.75) is 25.0 Å². The minimum absolute atomic E-state index is 0.298. The Hall–Kier alpha value is -0.450. The van der Waals surface area contributed by atoms with Gasteiger partial charge in [-0.2, -0.15) is 0 Å². The minimum Gasteiger partial charge on any atom is -0.391 e. The van der Waals surface area contributed by atoms with E-state index in [4.69, 9.17) is 5.73 Å². The molecule has 0 radical (unpaired) electrons. The van der Waals surface area contributed by atoms with E-state index in [0.29, 0.717) is 16.0 Å². The molecule has 1 aromatic carbocycles. The molecule has 0 aliphatic heterocycles. The van der Waals surface area contributed by atoms with Crippen LogP contribution < -0.4 is 5.73 Å². The Kier molecular flexibility index (Phi) is 3.09.